The Morgan fingerprint density at radius 1 is 1.03 bits per heavy atom. The lowest BCUT2D eigenvalue weighted by Gasteiger charge is -2.15. The van der Waals surface area contributed by atoms with Gasteiger partial charge in [-0.05, 0) is 55.3 Å². The van der Waals surface area contributed by atoms with Gasteiger partial charge in [0, 0.05) is 18.2 Å². The predicted octanol–water partition coefficient (Wildman–Crippen LogP) is 2.51. The van der Waals surface area contributed by atoms with Crippen LogP contribution in [0.1, 0.15) is 24.0 Å². The number of imidazole rings is 1. The van der Waals surface area contributed by atoms with Gasteiger partial charge in [0.15, 0.2) is 9.84 Å². The van der Waals surface area contributed by atoms with Crippen LogP contribution in [-0.4, -0.2) is 47.2 Å². The molecule has 5 rings (SSSR count). The Hall–Kier alpha value is -3.17. The van der Waals surface area contributed by atoms with Crippen molar-refractivity contribution in [2.24, 2.45) is 0 Å². The zero-order chi connectivity index (χ0) is 22.5. The Morgan fingerprint density at radius 2 is 1.69 bits per heavy atom. The molecule has 32 heavy (non-hydrogen) atoms. The quantitative estimate of drug-likeness (QED) is 0.482. The first kappa shape index (κ1) is 20.7. The summed E-state index contributed by atoms with van der Waals surface area (Å²) in [6.07, 6.45) is 3.67. The molecule has 0 amide bonds. The van der Waals surface area contributed by atoms with Gasteiger partial charge in [0.2, 0.25) is 0 Å². The standard InChI is InChI=1S/C23H25N5O3S/c1-32(30,31)17-8-9-18-19(12-17)25-22(24)20-21(18)28(23(29)26-20)14-16-6-4-15(5-7-16)13-27-10-2-3-11-27/h4-9,12H,2-3,10-11,13-14H2,1H3,(H2,24,25)(H,26,29). The fourth-order valence-corrected chi connectivity index (χ4v) is 5.08. The zero-order valence-corrected chi connectivity index (χ0v) is 18.7. The van der Waals surface area contributed by atoms with E-state index in [9.17, 15) is 13.2 Å². The number of nitrogens with zero attached hydrogens (tertiary/aromatic N) is 3. The van der Waals surface area contributed by atoms with Crippen LogP contribution in [0.25, 0.3) is 21.9 Å². The van der Waals surface area contributed by atoms with Crippen LogP contribution >= 0.6 is 0 Å². The second kappa shape index (κ2) is 7.75. The molecule has 1 aliphatic heterocycles. The highest BCUT2D eigenvalue weighted by Gasteiger charge is 2.17. The highest BCUT2D eigenvalue weighted by molar-refractivity contribution is 7.90. The van der Waals surface area contributed by atoms with Crippen LogP contribution < -0.4 is 11.4 Å². The number of nitrogens with one attached hydrogen (secondary N) is 1. The second-order valence-corrected chi connectivity index (χ2v) is 10.5. The lowest BCUT2D eigenvalue weighted by atomic mass is 10.1. The Balaban J connectivity index is 1.54. The number of aromatic nitrogens is 3. The molecule has 8 nitrogen and oxygen atoms in total. The van der Waals surface area contributed by atoms with E-state index in [4.69, 9.17) is 5.73 Å². The molecule has 0 radical (unpaired) electrons. The van der Waals surface area contributed by atoms with Crippen molar-refractivity contribution in [1.82, 2.24) is 19.4 Å². The summed E-state index contributed by atoms with van der Waals surface area (Å²) in [6.45, 7) is 3.62. The summed E-state index contributed by atoms with van der Waals surface area (Å²) in [7, 11) is -3.39. The number of hydrogen-bond acceptors (Lipinski definition) is 6. The third kappa shape index (κ3) is 3.78. The fourth-order valence-electron chi connectivity index (χ4n) is 4.44. The molecule has 9 heteroatoms. The largest absolute Gasteiger partial charge is 0.382 e. The number of fused-ring (bicyclic) bond motifs is 3. The van der Waals surface area contributed by atoms with E-state index in [0.29, 0.717) is 28.5 Å². The second-order valence-electron chi connectivity index (χ2n) is 8.49. The van der Waals surface area contributed by atoms with Crippen molar-refractivity contribution in [3.05, 3.63) is 64.1 Å². The maximum atomic E-state index is 12.8. The summed E-state index contributed by atoms with van der Waals surface area (Å²) >= 11 is 0. The molecule has 1 fully saturated rings. The van der Waals surface area contributed by atoms with Crippen molar-refractivity contribution in [2.45, 2.75) is 30.8 Å². The zero-order valence-electron chi connectivity index (χ0n) is 17.8. The van der Waals surface area contributed by atoms with Crippen molar-refractivity contribution in [3.8, 4) is 0 Å². The number of aromatic amines is 1. The monoisotopic (exact) mass is 451 g/mol. The molecule has 0 spiro atoms. The number of nitrogen functional groups attached to an aromatic ring is 1. The SMILES string of the molecule is CS(=O)(=O)c1ccc2c(c1)nc(N)c1[nH]c(=O)n(Cc3ccc(CN4CCCC4)cc3)c12. The molecule has 0 bridgehead atoms. The van der Waals surface area contributed by atoms with E-state index in [1.54, 1.807) is 10.6 Å². The van der Waals surface area contributed by atoms with Crippen molar-refractivity contribution in [3.63, 3.8) is 0 Å². The van der Waals surface area contributed by atoms with Crippen LogP contribution in [0, 0.1) is 0 Å². The molecule has 1 saturated heterocycles. The highest BCUT2D eigenvalue weighted by Crippen LogP contribution is 2.28. The van der Waals surface area contributed by atoms with Crippen molar-refractivity contribution in [1.29, 1.82) is 0 Å². The van der Waals surface area contributed by atoms with Gasteiger partial charge in [-0.25, -0.2) is 18.2 Å². The average molecular weight is 452 g/mol. The Morgan fingerprint density at radius 3 is 2.34 bits per heavy atom. The van der Waals surface area contributed by atoms with Crippen LogP contribution in [0.5, 0.6) is 0 Å². The van der Waals surface area contributed by atoms with Gasteiger partial charge < -0.3 is 10.7 Å². The van der Waals surface area contributed by atoms with Crippen molar-refractivity contribution in [2.75, 3.05) is 25.1 Å². The molecule has 1 aliphatic rings. The lowest BCUT2D eigenvalue weighted by Crippen LogP contribution is -2.19. The van der Waals surface area contributed by atoms with Gasteiger partial charge in [0.05, 0.1) is 22.5 Å². The number of anilines is 1. The molecule has 4 aromatic rings. The van der Waals surface area contributed by atoms with E-state index in [1.807, 2.05) is 12.1 Å². The minimum absolute atomic E-state index is 0.161. The summed E-state index contributed by atoms with van der Waals surface area (Å²) in [5, 5.41) is 0.672. The summed E-state index contributed by atoms with van der Waals surface area (Å²) in [5.74, 6) is 0.162. The molecule has 2 aromatic heterocycles. The van der Waals surface area contributed by atoms with E-state index in [2.05, 4.69) is 27.0 Å². The van der Waals surface area contributed by atoms with E-state index < -0.39 is 9.84 Å². The topological polar surface area (TPSA) is 114 Å². The predicted molar refractivity (Wildman–Crippen MR) is 125 cm³/mol. The molecule has 166 valence electrons. The molecule has 3 heterocycles. The van der Waals surface area contributed by atoms with Gasteiger partial charge in [-0.3, -0.25) is 9.47 Å². The van der Waals surface area contributed by atoms with E-state index >= 15 is 0 Å². The molecular weight excluding hydrogens is 426 g/mol. The first-order chi connectivity index (χ1) is 15.3. The molecule has 3 N–H and O–H groups in total. The number of H-pyrrole nitrogens is 1. The average Bonchev–Trinajstić information content (AvgIpc) is 3.37. The van der Waals surface area contributed by atoms with Crippen LogP contribution in [0.2, 0.25) is 0 Å². The smallest absolute Gasteiger partial charge is 0.326 e. The van der Waals surface area contributed by atoms with Gasteiger partial charge >= 0.3 is 5.69 Å². The Labute approximate surface area is 185 Å². The van der Waals surface area contributed by atoms with Gasteiger partial charge in [-0.2, -0.15) is 0 Å². The van der Waals surface area contributed by atoms with Crippen LogP contribution in [0.15, 0.2) is 52.2 Å². The maximum absolute atomic E-state index is 12.8. The summed E-state index contributed by atoms with van der Waals surface area (Å²) in [4.78, 5) is 22.5. The summed E-state index contributed by atoms with van der Waals surface area (Å²) < 4.78 is 25.5. The molecule has 0 unspecified atom stereocenters. The van der Waals surface area contributed by atoms with Crippen molar-refractivity contribution < 1.29 is 8.42 Å². The minimum Gasteiger partial charge on any atom is -0.382 e. The minimum atomic E-state index is -3.39. The number of benzene rings is 2. The van der Waals surface area contributed by atoms with E-state index in [-0.39, 0.29) is 16.4 Å². The molecule has 0 saturated carbocycles. The Bertz CT molecular complexity index is 1480. The first-order valence-electron chi connectivity index (χ1n) is 10.6. The summed E-state index contributed by atoms with van der Waals surface area (Å²) in [6, 6.07) is 13.0. The molecule has 0 atom stereocenters. The van der Waals surface area contributed by atoms with Gasteiger partial charge in [-0.15, -0.1) is 0 Å². The Kier molecular flexibility index (Phi) is 5.02. The van der Waals surface area contributed by atoms with Gasteiger partial charge in [-0.1, -0.05) is 24.3 Å². The number of pyridine rings is 1. The molecular formula is C23H25N5O3S. The number of hydrogen-bond donors (Lipinski definition) is 2. The fraction of sp³-hybridized carbons (Fsp3) is 0.304. The molecule has 2 aromatic carbocycles. The third-order valence-electron chi connectivity index (χ3n) is 6.10. The van der Waals surface area contributed by atoms with Crippen LogP contribution in [-0.2, 0) is 22.9 Å². The lowest BCUT2D eigenvalue weighted by molar-refractivity contribution is 0.331. The normalized spacial score (nSPS) is 15.2. The number of likely N-dealkylation sites (tertiary alicyclic amines) is 1. The number of nitrogens with two attached hydrogens (primary N) is 1. The maximum Gasteiger partial charge on any atom is 0.326 e. The summed E-state index contributed by atoms with van der Waals surface area (Å²) in [5.41, 5.74) is 9.60. The first-order valence-corrected chi connectivity index (χ1v) is 12.5. The van der Waals surface area contributed by atoms with Gasteiger partial charge in [0.25, 0.3) is 0 Å². The highest BCUT2D eigenvalue weighted by atomic mass is 32.2. The number of sulfone groups is 1. The van der Waals surface area contributed by atoms with Crippen LogP contribution in [0.3, 0.4) is 0 Å². The van der Waals surface area contributed by atoms with E-state index in [0.717, 1.165) is 31.5 Å². The third-order valence-corrected chi connectivity index (χ3v) is 7.21. The van der Waals surface area contributed by atoms with Crippen molar-refractivity contribution >= 4 is 37.6 Å². The number of rotatable bonds is 5. The van der Waals surface area contributed by atoms with Crippen LogP contribution in [0.4, 0.5) is 5.82 Å². The van der Waals surface area contributed by atoms with E-state index in [1.165, 1.54) is 30.5 Å². The van der Waals surface area contributed by atoms with Gasteiger partial charge in [0.1, 0.15) is 11.3 Å². The molecule has 0 aliphatic carbocycles.